The van der Waals surface area contributed by atoms with Gasteiger partial charge in [-0.3, -0.25) is 0 Å². The molecule has 4 nitrogen and oxygen atoms in total. The van der Waals surface area contributed by atoms with Crippen molar-refractivity contribution in [1.29, 1.82) is 0 Å². The van der Waals surface area contributed by atoms with Gasteiger partial charge in [0, 0.05) is 12.3 Å². The Hall–Kier alpha value is -1.03. The molecule has 13 heavy (non-hydrogen) atoms. The predicted octanol–water partition coefficient (Wildman–Crippen LogP) is 0.176. The molecule has 0 aliphatic heterocycles. The molecule has 0 bridgehead atoms. The van der Waals surface area contributed by atoms with Crippen molar-refractivity contribution in [2.45, 2.75) is 31.4 Å². The highest BCUT2D eigenvalue weighted by Gasteiger charge is 2.23. The Morgan fingerprint density at radius 2 is 2.38 bits per heavy atom. The van der Waals surface area contributed by atoms with E-state index in [0.29, 0.717) is 0 Å². The maximum atomic E-state index is 10.7. The summed E-state index contributed by atoms with van der Waals surface area (Å²) in [5.74, 6) is -0.389. The second-order valence-corrected chi connectivity index (χ2v) is 3.13. The smallest absolute Gasteiger partial charge is 0.331 e. The Morgan fingerprint density at radius 1 is 1.62 bits per heavy atom. The van der Waals surface area contributed by atoms with E-state index in [2.05, 4.69) is 10.1 Å². The first-order valence-corrected chi connectivity index (χ1v) is 4.42. The lowest BCUT2D eigenvalue weighted by Gasteiger charge is -2.13. The van der Waals surface area contributed by atoms with Gasteiger partial charge in [0.2, 0.25) is 0 Å². The summed E-state index contributed by atoms with van der Waals surface area (Å²) in [6.07, 6.45) is 5.37. The summed E-state index contributed by atoms with van der Waals surface area (Å²) in [4.78, 5) is 10.7. The molecule has 1 aliphatic carbocycles. The van der Waals surface area contributed by atoms with E-state index >= 15 is 0 Å². The Kier molecular flexibility index (Phi) is 3.76. The normalized spacial score (nSPS) is 27.8. The van der Waals surface area contributed by atoms with Crippen LogP contribution in [0, 0.1) is 0 Å². The lowest BCUT2D eigenvalue weighted by Crippen LogP contribution is -2.31. The highest BCUT2D eigenvalue weighted by atomic mass is 16.5. The number of ether oxygens (including phenoxy) is 1. The molecular formula is C9H15NO3. The van der Waals surface area contributed by atoms with Gasteiger partial charge in [-0.1, -0.05) is 0 Å². The number of esters is 1. The van der Waals surface area contributed by atoms with Crippen molar-refractivity contribution < 1.29 is 14.6 Å². The molecule has 2 N–H and O–H groups in total. The molecule has 1 rings (SSSR count). The molecule has 0 aromatic rings. The van der Waals surface area contributed by atoms with Crippen molar-refractivity contribution in [1.82, 2.24) is 5.32 Å². The third-order valence-electron chi connectivity index (χ3n) is 2.21. The molecule has 0 heterocycles. The number of methoxy groups -OCH3 is 1. The highest BCUT2D eigenvalue weighted by Crippen LogP contribution is 2.18. The van der Waals surface area contributed by atoms with Crippen LogP contribution in [0.4, 0.5) is 0 Å². The molecule has 2 unspecified atom stereocenters. The number of carbonyl (C=O) groups is 1. The lowest BCUT2D eigenvalue weighted by atomic mass is 10.2. The maximum Gasteiger partial charge on any atom is 0.331 e. The number of hydrogen-bond donors (Lipinski definition) is 2. The predicted molar refractivity (Wildman–Crippen MR) is 47.9 cm³/mol. The lowest BCUT2D eigenvalue weighted by molar-refractivity contribution is -0.134. The highest BCUT2D eigenvalue weighted by molar-refractivity contribution is 5.81. The van der Waals surface area contributed by atoms with E-state index < -0.39 is 0 Å². The quantitative estimate of drug-likeness (QED) is 0.486. The standard InChI is InChI=1S/C9H15NO3/c1-13-9(12)5-6-10-7-3-2-4-8(7)11/h5-8,10-11H,2-4H2,1H3/b6-5+. The van der Waals surface area contributed by atoms with Crippen LogP contribution < -0.4 is 5.32 Å². The molecule has 0 aromatic carbocycles. The van der Waals surface area contributed by atoms with Gasteiger partial charge in [0.15, 0.2) is 0 Å². The summed E-state index contributed by atoms with van der Waals surface area (Å²) in [6.45, 7) is 0. The van der Waals surface area contributed by atoms with Gasteiger partial charge in [0.25, 0.3) is 0 Å². The molecule has 1 saturated carbocycles. The number of nitrogens with one attached hydrogen (secondary N) is 1. The van der Waals surface area contributed by atoms with E-state index in [1.54, 1.807) is 0 Å². The Bertz CT molecular complexity index is 203. The van der Waals surface area contributed by atoms with Gasteiger partial charge in [-0.15, -0.1) is 0 Å². The van der Waals surface area contributed by atoms with E-state index in [0.717, 1.165) is 19.3 Å². The fourth-order valence-electron chi connectivity index (χ4n) is 1.44. The summed E-state index contributed by atoms with van der Waals surface area (Å²) in [5.41, 5.74) is 0. The van der Waals surface area contributed by atoms with E-state index in [1.807, 2.05) is 0 Å². The molecule has 1 fully saturated rings. The zero-order chi connectivity index (χ0) is 9.68. The minimum absolute atomic E-state index is 0.0842. The second kappa shape index (κ2) is 4.87. The van der Waals surface area contributed by atoms with Crippen LogP contribution in [0.15, 0.2) is 12.3 Å². The minimum Gasteiger partial charge on any atom is -0.466 e. The summed E-state index contributed by atoms with van der Waals surface area (Å²) >= 11 is 0. The van der Waals surface area contributed by atoms with Gasteiger partial charge in [-0.25, -0.2) is 4.79 Å². The first-order chi connectivity index (χ1) is 6.24. The minimum atomic E-state index is -0.389. The summed E-state index contributed by atoms with van der Waals surface area (Å²) in [5, 5.41) is 12.4. The van der Waals surface area contributed by atoms with E-state index in [4.69, 9.17) is 0 Å². The monoisotopic (exact) mass is 185 g/mol. The van der Waals surface area contributed by atoms with Gasteiger partial charge in [0.1, 0.15) is 0 Å². The van der Waals surface area contributed by atoms with Crippen LogP contribution in [0.3, 0.4) is 0 Å². The van der Waals surface area contributed by atoms with E-state index in [-0.39, 0.29) is 18.1 Å². The van der Waals surface area contributed by atoms with Gasteiger partial charge in [-0.05, 0) is 19.3 Å². The fourth-order valence-corrected chi connectivity index (χ4v) is 1.44. The van der Waals surface area contributed by atoms with Crippen LogP contribution in [0.25, 0.3) is 0 Å². The molecule has 2 atom stereocenters. The van der Waals surface area contributed by atoms with Gasteiger partial charge in [-0.2, -0.15) is 0 Å². The molecule has 0 radical (unpaired) electrons. The zero-order valence-corrected chi connectivity index (χ0v) is 7.69. The third-order valence-corrected chi connectivity index (χ3v) is 2.21. The fraction of sp³-hybridized carbons (Fsp3) is 0.667. The molecule has 1 aliphatic rings. The first kappa shape index (κ1) is 10.1. The Balaban J connectivity index is 2.25. The van der Waals surface area contributed by atoms with Crippen molar-refractivity contribution in [3.8, 4) is 0 Å². The number of carbonyl (C=O) groups excluding carboxylic acids is 1. The summed E-state index contributed by atoms with van der Waals surface area (Å²) < 4.78 is 4.41. The van der Waals surface area contributed by atoms with Crippen LogP contribution in [0.5, 0.6) is 0 Å². The van der Waals surface area contributed by atoms with Gasteiger partial charge < -0.3 is 15.2 Å². The molecule has 0 spiro atoms. The van der Waals surface area contributed by atoms with Crippen LogP contribution in [0.2, 0.25) is 0 Å². The van der Waals surface area contributed by atoms with Crippen LogP contribution >= 0.6 is 0 Å². The van der Waals surface area contributed by atoms with Crippen molar-refractivity contribution in [3.05, 3.63) is 12.3 Å². The molecule has 0 aromatic heterocycles. The first-order valence-electron chi connectivity index (χ1n) is 4.42. The topological polar surface area (TPSA) is 58.6 Å². The summed E-state index contributed by atoms with van der Waals surface area (Å²) in [6, 6.07) is 0.0842. The van der Waals surface area contributed by atoms with E-state index in [9.17, 15) is 9.90 Å². The SMILES string of the molecule is COC(=O)/C=C/NC1CCCC1O. The van der Waals surface area contributed by atoms with Crippen molar-refractivity contribution in [3.63, 3.8) is 0 Å². The molecule has 74 valence electrons. The molecular weight excluding hydrogens is 170 g/mol. The molecule has 0 saturated heterocycles. The maximum absolute atomic E-state index is 10.7. The number of rotatable bonds is 3. The third kappa shape index (κ3) is 3.06. The number of aliphatic hydroxyl groups excluding tert-OH is 1. The van der Waals surface area contributed by atoms with Crippen molar-refractivity contribution in [2.24, 2.45) is 0 Å². The van der Waals surface area contributed by atoms with Gasteiger partial charge >= 0.3 is 5.97 Å². The molecule has 4 heteroatoms. The summed E-state index contributed by atoms with van der Waals surface area (Å²) in [7, 11) is 1.33. The van der Waals surface area contributed by atoms with Crippen LogP contribution in [0.1, 0.15) is 19.3 Å². The van der Waals surface area contributed by atoms with Crippen LogP contribution in [-0.2, 0) is 9.53 Å². The Labute approximate surface area is 77.6 Å². The Morgan fingerprint density at radius 3 is 2.92 bits per heavy atom. The zero-order valence-electron chi connectivity index (χ0n) is 7.69. The van der Waals surface area contributed by atoms with Crippen molar-refractivity contribution in [2.75, 3.05) is 7.11 Å². The number of aliphatic hydroxyl groups is 1. The van der Waals surface area contributed by atoms with E-state index in [1.165, 1.54) is 19.4 Å². The van der Waals surface area contributed by atoms with Gasteiger partial charge in [0.05, 0.1) is 19.3 Å². The average Bonchev–Trinajstić information content (AvgIpc) is 2.52. The van der Waals surface area contributed by atoms with Crippen LogP contribution in [-0.4, -0.2) is 30.3 Å². The largest absolute Gasteiger partial charge is 0.466 e. The average molecular weight is 185 g/mol. The molecule has 0 amide bonds. The second-order valence-electron chi connectivity index (χ2n) is 3.13. The number of hydrogen-bond acceptors (Lipinski definition) is 4. The van der Waals surface area contributed by atoms with Crippen molar-refractivity contribution >= 4 is 5.97 Å².